The maximum Gasteiger partial charge on any atom is 0.240 e. The van der Waals surface area contributed by atoms with E-state index in [-0.39, 0.29) is 35.1 Å². The highest BCUT2D eigenvalue weighted by atomic mass is 35.5. The lowest BCUT2D eigenvalue weighted by Gasteiger charge is -2.48. The molecule has 0 radical (unpaired) electrons. The number of piperazine rings is 1. The molecule has 2 aliphatic rings. The number of hydrazine groups is 2. The molecule has 4 atom stereocenters. The van der Waals surface area contributed by atoms with Crippen LogP contribution in [0.15, 0.2) is 24.4 Å². The maximum absolute atomic E-state index is 13.8. The predicted octanol–water partition coefficient (Wildman–Crippen LogP) is 4.73. The Labute approximate surface area is 228 Å². The Morgan fingerprint density at radius 3 is 2.71 bits per heavy atom. The van der Waals surface area contributed by atoms with E-state index >= 15 is 0 Å². The van der Waals surface area contributed by atoms with Gasteiger partial charge < -0.3 is 9.30 Å². The second-order valence-electron chi connectivity index (χ2n) is 11.0. The summed E-state index contributed by atoms with van der Waals surface area (Å²) < 4.78 is 21.8. The molecule has 38 heavy (non-hydrogen) atoms. The lowest BCUT2D eigenvalue weighted by atomic mass is 9.91. The Hall–Kier alpha value is -2.37. The molecule has 0 aliphatic carbocycles. The van der Waals surface area contributed by atoms with Gasteiger partial charge in [-0.15, -0.1) is 0 Å². The van der Waals surface area contributed by atoms with Crippen LogP contribution in [0.3, 0.4) is 0 Å². The Morgan fingerprint density at radius 2 is 2.00 bits per heavy atom. The zero-order valence-corrected chi connectivity index (χ0v) is 23.5. The molecule has 2 saturated heterocycles. The Morgan fingerprint density at radius 1 is 1.18 bits per heavy atom. The molecule has 11 heteroatoms. The highest BCUT2D eigenvalue weighted by Crippen LogP contribution is 2.34. The third kappa shape index (κ3) is 5.65. The van der Waals surface area contributed by atoms with E-state index in [1.165, 1.54) is 6.07 Å². The van der Waals surface area contributed by atoms with Crippen molar-refractivity contribution in [3.63, 3.8) is 0 Å². The van der Waals surface area contributed by atoms with Gasteiger partial charge in [0.25, 0.3) is 0 Å². The van der Waals surface area contributed by atoms with Gasteiger partial charge in [-0.2, -0.15) is 10.5 Å². The second kappa shape index (κ2) is 11.4. The van der Waals surface area contributed by atoms with Crippen LogP contribution in [0, 0.1) is 18.7 Å². The minimum absolute atomic E-state index is 0.138. The summed E-state index contributed by atoms with van der Waals surface area (Å²) in [5, 5.41) is 2.35. The summed E-state index contributed by atoms with van der Waals surface area (Å²) in [6.45, 7) is 14.0. The number of ether oxygens (including phenoxy) is 1. The molecule has 0 bridgehead atoms. The first-order valence-corrected chi connectivity index (χ1v) is 13.9. The average Bonchev–Trinajstić information content (AvgIpc) is 3.50. The van der Waals surface area contributed by atoms with Crippen molar-refractivity contribution in [3.05, 3.63) is 46.6 Å². The van der Waals surface area contributed by atoms with E-state index in [1.807, 2.05) is 13.0 Å². The normalized spacial score (nSPS) is 23.9. The molecular formula is C27H38ClFN8O. The summed E-state index contributed by atoms with van der Waals surface area (Å²) in [6, 6.07) is 5.67. The summed E-state index contributed by atoms with van der Waals surface area (Å²) >= 11 is 6.14. The summed E-state index contributed by atoms with van der Waals surface area (Å²) in [6.07, 6.45) is 4.12. The lowest BCUT2D eigenvalue weighted by Crippen LogP contribution is -2.62. The number of benzene rings is 1. The molecule has 4 heterocycles. The zero-order valence-electron chi connectivity index (χ0n) is 22.8. The van der Waals surface area contributed by atoms with Gasteiger partial charge in [-0.3, -0.25) is 10.3 Å². The first kappa shape index (κ1) is 27.2. The van der Waals surface area contributed by atoms with E-state index in [2.05, 4.69) is 63.1 Å². The number of nitrogens with one attached hydrogen (secondary N) is 2. The minimum Gasteiger partial charge on any atom is -0.376 e. The van der Waals surface area contributed by atoms with E-state index in [0.29, 0.717) is 11.9 Å². The molecule has 0 spiro atoms. The monoisotopic (exact) mass is 544 g/mol. The number of halogens is 2. The number of rotatable bonds is 8. The molecule has 206 valence electrons. The predicted molar refractivity (Wildman–Crippen MR) is 147 cm³/mol. The molecule has 1 unspecified atom stereocenters. The van der Waals surface area contributed by atoms with Gasteiger partial charge in [0.15, 0.2) is 5.65 Å². The molecule has 5 rings (SSSR count). The molecule has 9 nitrogen and oxygen atoms in total. The van der Waals surface area contributed by atoms with E-state index in [9.17, 15) is 4.39 Å². The van der Waals surface area contributed by atoms with Gasteiger partial charge in [0, 0.05) is 37.8 Å². The van der Waals surface area contributed by atoms with Crippen molar-refractivity contribution in [1.82, 2.24) is 35.0 Å². The van der Waals surface area contributed by atoms with Crippen LogP contribution in [0.25, 0.3) is 11.2 Å². The van der Waals surface area contributed by atoms with Crippen LogP contribution in [0.1, 0.15) is 58.0 Å². The number of imidazole rings is 1. The smallest absolute Gasteiger partial charge is 0.240 e. The van der Waals surface area contributed by atoms with Crippen LogP contribution in [-0.4, -0.2) is 67.3 Å². The first-order valence-electron chi connectivity index (χ1n) is 13.5. The van der Waals surface area contributed by atoms with Crippen LogP contribution in [0.5, 0.6) is 0 Å². The van der Waals surface area contributed by atoms with Crippen molar-refractivity contribution in [2.24, 2.45) is 5.92 Å². The minimum atomic E-state index is -0.384. The fourth-order valence-electron chi connectivity index (χ4n) is 5.78. The molecule has 2 aromatic heterocycles. The molecule has 2 fully saturated rings. The van der Waals surface area contributed by atoms with Crippen LogP contribution in [0.4, 0.5) is 10.3 Å². The molecule has 0 saturated carbocycles. The van der Waals surface area contributed by atoms with Crippen molar-refractivity contribution in [2.75, 3.05) is 25.1 Å². The number of aromatic nitrogens is 4. The number of nitrogens with zero attached hydrogens (tertiary/aromatic N) is 6. The van der Waals surface area contributed by atoms with Gasteiger partial charge in [0.05, 0.1) is 23.9 Å². The molecule has 0 amide bonds. The summed E-state index contributed by atoms with van der Waals surface area (Å²) in [5.74, 6) is 1.36. The third-order valence-electron chi connectivity index (χ3n) is 7.71. The second-order valence-corrected chi connectivity index (χ2v) is 11.4. The Bertz CT molecular complexity index is 1260. The molecule has 2 N–H and O–H groups in total. The van der Waals surface area contributed by atoms with Gasteiger partial charge in [-0.05, 0) is 57.2 Å². The van der Waals surface area contributed by atoms with Crippen molar-refractivity contribution >= 4 is 28.7 Å². The quantitative estimate of drug-likeness (QED) is 0.394. The number of hydrogen-bond acceptors (Lipinski definition) is 8. The van der Waals surface area contributed by atoms with Crippen LogP contribution < -0.4 is 11.0 Å². The molecule has 1 aromatic carbocycles. The maximum atomic E-state index is 13.8. The largest absolute Gasteiger partial charge is 0.376 e. The summed E-state index contributed by atoms with van der Waals surface area (Å²) in [4.78, 5) is 16.4. The van der Waals surface area contributed by atoms with Crippen LogP contribution >= 0.6 is 11.6 Å². The van der Waals surface area contributed by atoms with Gasteiger partial charge in [-0.1, -0.05) is 31.5 Å². The highest BCUT2D eigenvalue weighted by molar-refractivity contribution is 6.30. The summed E-state index contributed by atoms with van der Waals surface area (Å²) in [5.41, 5.74) is 9.17. The van der Waals surface area contributed by atoms with E-state index in [4.69, 9.17) is 21.3 Å². The molecule has 2 aliphatic heterocycles. The van der Waals surface area contributed by atoms with Gasteiger partial charge in [0.1, 0.15) is 17.2 Å². The van der Waals surface area contributed by atoms with Crippen LogP contribution in [-0.2, 0) is 11.3 Å². The molecular weight excluding hydrogens is 507 g/mol. The van der Waals surface area contributed by atoms with E-state index < -0.39 is 0 Å². The van der Waals surface area contributed by atoms with Gasteiger partial charge >= 0.3 is 0 Å². The Kier molecular flexibility index (Phi) is 8.16. The Balaban J connectivity index is 1.26. The lowest BCUT2D eigenvalue weighted by molar-refractivity contribution is -0.0198. The first-order chi connectivity index (χ1) is 18.2. The van der Waals surface area contributed by atoms with Gasteiger partial charge in [-0.25, -0.2) is 19.4 Å². The van der Waals surface area contributed by atoms with Crippen molar-refractivity contribution in [1.29, 1.82) is 0 Å². The number of hydrogen-bond donors (Lipinski definition) is 2. The topological polar surface area (TPSA) is 83.4 Å². The zero-order chi connectivity index (χ0) is 27.0. The number of anilines is 1. The fraction of sp³-hybridized carbons (Fsp3) is 0.593. The van der Waals surface area contributed by atoms with Crippen LogP contribution in [0.2, 0.25) is 5.02 Å². The van der Waals surface area contributed by atoms with E-state index in [1.54, 1.807) is 12.3 Å². The van der Waals surface area contributed by atoms with Crippen molar-refractivity contribution in [2.45, 2.75) is 78.2 Å². The van der Waals surface area contributed by atoms with E-state index in [0.717, 1.165) is 61.6 Å². The number of aryl methyl sites for hydroxylation is 1. The molecule has 3 aromatic rings. The van der Waals surface area contributed by atoms with Crippen molar-refractivity contribution < 1.29 is 9.13 Å². The average molecular weight is 545 g/mol. The highest BCUT2D eigenvalue weighted by Gasteiger charge is 2.35. The third-order valence-corrected chi connectivity index (χ3v) is 8.00. The van der Waals surface area contributed by atoms with Crippen molar-refractivity contribution in [3.8, 4) is 0 Å². The fourth-order valence-corrected chi connectivity index (χ4v) is 5.97. The summed E-state index contributed by atoms with van der Waals surface area (Å²) in [7, 11) is 0. The van der Waals surface area contributed by atoms with Gasteiger partial charge in [0.2, 0.25) is 5.95 Å². The SMILES string of the molecule is Cc1nc2cnc(NNN3C[C@@H](C)N(C(c4ccc(F)c(Cl)c4)C(C)C)C[C@@H]3C)nc2n1C[C@@H]1CCCO1. The number of fused-ring (bicyclic) bond motifs is 1. The standard InChI is InChI=1S/C27H38ClFN8O/c1-16(2)25(20-8-9-23(29)22(28)11-20)35-13-18(4)37(14-17(35)3)34-33-27-30-12-24-26(32-27)36(19(5)31-24)15-21-7-6-10-38-21/h8-9,11-12,16-18,21,25,34H,6-7,10,13-15H2,1-5H3,(H,30,32,33)/t17-,18+,21+,25?/m1/s1.